The van der Waals surface area contributed by atoms with Crippen LogP contribution in [0.15, 0.2) is 71.5 Å². The van der Waals surface area contributed by atoms with Gasteiger partial charge in [-0.1, -0.05) is 47.5 Å². The summed E-state index contributed by atoms with van der Waals surface area (Å²) in [5.41, 5.74) is 3.50. The van der Waals surface area contributed by atoms with Gasteiger partial charge in [0, 0.05) is 22.3 Å². The van der Waals surface area contributed by atoms with Crippen LogP contribution in [0.2, 0.25) is 5.02 Å². The summed E-state index contributed by atoms with van der Waals surface area (Å²) in [7, 11) is 0. The summed E-state index contributed by atoms with van der Waals surface area (Å²) < 4.78 is 1.91. The molecule has 0 unspecified atom stereocenters. The van der Waals surface area contributed by atoms with Crippen molar-refractivity contribution in [1.29, 1.82) is 0 Å². The van der Waals surface area contributed by atoms with E-state index in [-0.39, 0.29) is 17.9 Å². The first-order chi connectivity index (χ1) is 13.5. The zero-order chi connectivity index (χ0) is 19.7. The molecule has 0 aliphatic carbocycles. The number of carbonyl (C=O) groups is 1. The summed E-state index contributed by atoms with van der Waals surface area (Å²) in [6.45, 7) is 2.51. The van der Waals surface area contributed by atoms with Crippen LogP contribution >= 0.6 is 11.6 Å². The number of aromatic nitrogens is 1. The lowest BCUT2D eigenvalue weighted by Gasteiger charge is -2.15. The predicted octanol–water partition coefficient (Wildman–Crippen LogP) is 4.43. The van der Waals surface area contributed by atoms with Crippen molar-refractivity contribution in [3.05, 3.63) is 93.1 Å². The number of rotatable bonds is 4. The lowest BCUT2D eigenvalue weighted by atomic mass is 10.1. The number of benzene rings is 3. The molecule has 4 nitrogen and oxygen atoms in total. The lowest BCUT2D eigenvalue weighted by Crippen LogP contribution is -2.28. The van der Waals surface area contributed by atoms with Gasteiger partial charge in [-0.25, -0.2) is 0 Å². The zero-order valence-corrected chi connectivity index (χ0v) is 16.2. The third kappa shape index (κ3) is 3.51. The third-order valence-corrected chi connectivity index (χ3v) is 5.08. The summed E-state index contributed by atoms with van der Waals surface area (Å²) in [5.74, 6) is -0.120. The van der Waals surface area contributed by atoms with E-state index in [0.717, 1.165) is 22.2 Å². The van der Waals surface area contributed by atoms with Crippen molar-refractivity contribution in [3.8, 4) is 0 Å². The number of carbonyl (C=O) groups excluding carboxylic acids is 1. The Hall–Kier alpha value is -3.11. The molecule has 1 N–H and O–H groups in total. The van der Waals surface area contributed by atoms with Crippen LogP contribution in [0.4, 0.5) is 0 Å². The Morgan fingerprint density at radius 1 is 0.964 bits per heavy atom. The molecule has 5 heteroatoms. The summed E-state index contributed by atoms with van der Waals surface area (Å²) in [6.07, 6.45) is 0. The molecule has 0 radical (unpaired) electrons. The largest absolute Gasteiger partial charge is 0.350 e. The minimum atomic E-state index is -0.120. The molecule has 0 aliphatic rings. The van der Waals surface area contributed by atoms with Gasteiger partial charge in [-0.3, -0.25) is 9.59 Å². The predicted molar refractivity (Wildman–Crippen MR) is 114 cm³/mol. The van der Waals surface area contributed by atoms with E-state index in [1.807, 2.05) is 66.1 Å². The minimum absolute atomic E-state index is 0.00729. The smallest absolute Gasteiger partial charge is 0.240 e. The highest BCUT2D eigenvalue weighted by Gasteiger charge is 2.13. The standard InChI is InChI=1S/C23H19ClN2O2/c1-15-6-11-21-19(12-15)23(28)18-4-2-3-5-20(18)26(21)14-22(27)25-13-16-7-9-17(24)10-8-16/h2-12H,13-14H2,1H3,(H,25,27). The average Bonchev–Trinajstić information content (AvgIpc) is 2.71. The van der Waals surface area contributed by atoms with Gasteiger partial charge in [0.15, 0.2) is 5.43 Å². The number of aryl methyl sites for hydroxylation is 1. The number of hydrogen-bond donors (Lipinski definition) is 1. The first-order valence-corrected chi connectivity index (χ1v) is 9.44. The van der Waals surface area contributed by atoms with Crippen LogP contribution < -0.4 is 10.7 Å². The molecule has 0 atom stereocenters. The molecule has 4 aromatic rings. The second-order valence-corrected chi connectivity index (χ2v) is 7.29. The molecule has 3 aromatic carbocycles. The van der Waals surface area contributed by atoms with E-state index in [2.05, 4.69) is 5.32 Å². The number of para-hydroxylation sites is 1. The molecule has 0 bridgehead atoms. The fourth-order valence-corrected chi connectivity index (χ4v) is 3.54. The molecule has 1 amide bonds. The second-order valence-electron chi connectivity index (χ2n) is 6.86. The molecule has 0 spiro atoms. The Morgan fingerprint density at radius 2 is 1.68 bits per heavy atom. The van der Waals surface area contributed by atoms with Crippen LogP contribution in [-0.2, 0) is 17.9 Å². The van der Waals surface area contributed by atoms with Crippen molar-refractivity contribution in [2.45, 2.75) is 20.0 Å². The maximum atomic E-state index is 12.9. The summed E-state index contributed by atoms with van der Waals surface area (Å²) in [5, 5.41) is 4.85. The summed E-state index contributed by atoms with van der Waals surface area (Å²) >= 11 is 5.90. The van der Waals surface area contributed by atoms with Gasteiger partial charge in [0.1, 0.15) is 6.54 Å². The fourth-order valence-electron chi connectivity index (χ4n) is 3.42. The first kappa shape index (κ1) is 18.3. The van der Waals surface area contributed by atoms with E-state index < -0.39 is 0 Å². The summed E-state index contributed by atoms with van der Waals surface area (Å²) in [4.78, 5) is 25.5. The van der Waals surface area contributed by atoms with Gasteiger partial charge in [0.2, 0.25) is 5.91 Å². The number of amides is 1. The van der Waals surface area contributed by atoms with E-state index in [4.69, 9.17) is 11.6 Å². The van der Waals surface area contributed by atoms with Crippen molar-refractivity contribution >= 4 is 39.3 Å². The maximum Gasteiger partial charge on any atom is 0.240 e. The van der Waals surface area contributed by atoms with Crippen molar-refractivity contribution in [1.82, 2.24) is 9.88 Å². The fraction of sp³-hybridized carbons (Fsp3) is 0.130. The van der Waals surface area contributed by atoms with Crippen molar-refractivity contribution in [2.24, 2.45) is 0 Å². The van der Waals surface area contributed by atoms with E-state index in [1.165, 1.54) is 0 Å². The van der Waals surface area contributed by atoms with Gasteiger partial charge in [-0.05, 0) is 48.9 Å². The molecule has 1 heterocycles. The average molecular weight is 391 g/mol. The number of halogens is 1. The van der Waals surface area contributed by atoms with E-state index in [9.17, 15) is 9.59 Å². The van der Waals surface area contributed by atoms with Gasteiger partial charge in [0.05, 0.1) is 11.0 Å². The van der Waals surface area contributed by atoms with Crippen LogP contribution in [0.3, 0.4) is 0 Å². The molecular formula is C23H19ClN2O2. The molecule has 0 saturated carbocycles. The third-order valence-electron chi connectivity index (χ3n) is 4.83. The second kappa shape index (κ2) is 7.49. The number of pyridine rings is 1. The Kier molecular flexibility index (Phi) is 4.88. The molecular weight excluding hydrogens is 372 g/mol. The van der Waals surface area contributed by atoms with E-state index in [1.54, 1.807) is 12.1 Å². The Bertz CT molecular complexity index is 1240. The topological polar surface area (TPSA) is 51.1 Å². The van der Waals surface area contributed by atoms with Gasteiger partial charge >= 0.3 is 0 Å². The highest BCUT2D eigenvalue weighted by molar-refractivity contribution is 6.30. The number of nitrogens with zero attached hydrogens (tertiary/aromatic N) is 1. The minimum Gasteiger partial charge on any atom is -0.350 e. The van der Waals surface area contributed by atoms with Crippen LogP contribution in [0.5, 0.6) is 0 Å². The van der Waals surface area contributed by atoms with Gasteiger partial charge in [-0.15, -0.1) is 0 Å². The Balaban J connectivity index is 1.70. The van der Waals surface area contributed by atoms with E-state index >= 15 is 0 Å². The number of nitrogens with one attached hydrogen (secondary N) is 1. The Morgan fingerprint density at radius 3 is 2.46 bits per heavy atom. The monoisotopic (exact) mass is 390 g/mol. The molecule has 4 rings (SSSR count). The SMILES string of the molecule is Cc1ccc2c(c1)c(=O)c1ccccc1n2CC(=O)NCc1ccc(Cl)cc1. The number of hydrogen-bond acceptors (Lipinski definition) is 2. The molecule has 28 heavy (non-hydrogen) atoms. The molecule has 1 aromatic heterocycles. The van der Waals surface area contributed by atoms with E-state index in [0.29, 0.717) is 22.3 Å². The summed E-state index contributed by atoms with van der Waals surface area (Å²) in [6, 6.07) is 20.5. The van der Waals surface area contributed by atoms with Crippen LogP contribution in [0, 0.1) is 6.92 Å². The lowest BCUT2D eigenvalue weighted by molar-refractivity contribution is -0.121. The van der Waals surface area contributed by atoms with Crippen molar-refractivity contribution in [3.63, 3.8) is 0 Å². The van der Waals surface area contributed by atoms with Gasteiger partial charge in [-0.2, -0.15) is 0 Å². The normalized spacial score (nSPS) is 11.1. The molecule has 140 valence electrons. The molecule has 0 saturated heterocycles. The number of fused-ring (bicyclic) bond motifs is 2. The molecule has 0 fully saturated rings. The van der Waals surface area contributed by atoms with Gasteiger partial charge in [0.25, 0.3) is 0 Å². The zero-order valence-electron chi connectivity index (χ0n) is 15.4. The van der Waals surface area contributed by atoms with Crippen LogP contribution in [-0.4, -0.2) is 10.5 Å². The first-order valence-electron chi connectivity index (χ1n) is 9.06. The van der Waals surface area contributed by atoms with Gasteiger partial charge < -0.3 is 9.88 Å². The highest BCUT2D eigenvalue weighted by atomic mass is 35.5. The van der Waals surface area contributed by atoms with Crippen molar-refractivity contribution < 1.29 is 4.79 Å². The highest BCUT2D eigenvalue weighted by Crippen LogP contribution is 2.20. The van der Waals surface area contributed by atoms with Crippen molar-refractivity contribution in [2.75, 3.05) is 0 Å². The maximum absolute atomic E-state index is 12.9. The van der Waals surface area contributed by atoms with Crippen LogP contribution in [0.1, 0.15) is 11.1 Å². The Labute approximate surface area is 167 Å². The van der Waals surface area contributed by atoms with Crippen LogP contribution in [0.25, 0.3) is 21.8 Å². The quantitative estimate of drug-likeness (QED) is 0.524. The molecule has 0 aliphatic heterocycles.